The van der Waals surface area contributed by atoms with Crippen LogP contribution in [0.4, 0.5) is 0 Å². The number of carbonyl (C=O) groups is 1. The normalized spacial score (nSPS) is 10.1. The summed E-state index contributed by atoms with van der Waals surface area (Å²) in [4.78, 5) is 10.7. The summed E-state index contributed by atoms with van der Waals surface area (Å²) in [7, 11) is 0. The second-order valence-electron chi connectivity index (χ2n) is 3.55. The molecule has 14 heavy (non-hydrogen) atoms. The Morgan fingerprint density at radius 1 is 1.29 bits per heavy atom. The van der Waals surface area contributed by atoms with Gasteiger partial charge in [0.25, 0.3) is 0 Å². The monoisotopic (exact) mass is 188 g/mol. The molecule has 2 heteroatoms. The van der Waals surface area contributed by atoms with Crippen LogP contribution in [0.15, 0.2) is 30.3 Å². The van der Waals surface area contributed by atoms with Crippen molar-refractivity contribution in [3.8, 4) is 11.8 Å². The summed E-state index contributed by atoms with van der Waals surface area (Å²) in [5, 5.41) is 8.82. The molecule has 0 saturated carbocycles. The molecule has 0 atom stereocenters. The minimum atomic E-state index is -0.990. The Morgan fingerprint density at radius 3 is 2.36 bits per heavy atom. The molecule has 0 fully saturated rings. The van der Waals surface area contributed by atoms with Crippen molar-refractivity contribution in [2.45, 2.75) is 13.8 Å². The maximum absolute atomic E-state index is 10.7. The van der Waals surface area contributed by atoms with Crippen LogP contribution in [0.1, 0.15) is 19.4 Å². The number of aliphatic carboxylic acids is 1. The van der Waals surface area contributed by atoms with Gasteiger partial charge in [-0.1, -0.05) is 30.0 Å². The van der Waals surface area contributed by atoms with Gasteiger partial charge in [-0.15, -0.1) is 0 Å². The van der Waals surface area contributed by atoms with Crippen molar-refractivity contribution in [2.24, 2.45) is 5.41 Å². The molecule has 0 aromatic heterocycles. The van der Waals surface area contributed by atoms with Gasteiger partial charge in [-0.05, 0) is 26.0 Å². The molecule has 0 spiro atoms. The number of carboxylic acids is 1. The standard InChI is InChI=1S/C12H12O2/c1-12(2,11(13)14)9-8-10-6-4-3-5-7-10/h3-7H,1-2H3,(H,13,14). The fourth-order valence-electron chi connectivity index (χ4n) is 0.803. The zero-order valence-electron chi connectivity index (χ0n) is 8.24. The molecule has 0 aliphatic rings. The van der Waals surface area contributed by atoms with E-state index in [0.717, 1.165) is 5.56 Å². The molecule has 1 aromatic carbocycles. The van der Waals surface area contributed by atoms with Crippen molar-refractivity contribution in [3.63, 3.8) is 0 Å². The molecule has 0 aliphatic carbocycles. The van der Waals surface area contributed by atoms with Crippen molar-refractivity contribution in [3.05, 3.63) is 35.9 Å². The van der Waals surface area contributed by atoms with Crippen LogP contribution in [0.2, 0.25) is 0 Å². The first-order chi connectivity index (χ1) is 6.52. The lowest BCUT2D eigenvalue weighted by Gasteiger charge is -2.09. The first kappa shape index (κ1) is 10.3. The van der Waals surface area contributed by atoms with E-state index in [4.69, 9.17) is 5.11 Å². The van der Waals surface area contributed by atoms with Crippen molar-refractivity contribution in [2.75, 3.05) is 0 Å². The van der Waals surface area contributed by atoms with E-state index < -0.39 is 11.4 Å². The quantitative estimate of drug-likeness (QED) is 0.685. The molecule has 0 aliphatic heterocycles. The number of hydrogen-bond donors (Lipinski definition) is 1. The lowest BCUT2D eigenvalue weighted by atomic mass is 9.94. The summed E-state index contributed by atoms with van der Waals surface area (Å²) in [5.74, 6) is 4.66. The van der Waals surface area contributed by atoms with E-state index >= 15 is 0 Å². The van der Waals surface area contributed by atoms with Crippen LogP contribution >= 0.6 is 0 Å². The molecule has 1 rings (SSSR count). The van der Waals surface area contributed by atoms with E-state index in [2.05, 4.69) is 11.8 Å². The van der Waals surface area contributed by atoms with Crippen LogP contribution in [0.5, 0.6) is 0 Å². The number of benzene rings is 1. The van der Waals surface area contributed by atoms with Crippen molar-refractivity contribution in [1.29, 1.82) is 0 Å². The van der Waals surface area contributed by atoms with E-state index in [0.29, 0.717) is 0 Å². The fraction of sp³-hybridized carbons (Fsp3) is 0.250. The minimum Gasteiger partial charge on any atom is -0.480 e. The topological polar surface area (TPSA) is 37.3 Å². The predicted molar refractivity (Wildman–Crippen MR) is 54.7 cm³/mol. The Labute approximate surface area is 83.6 Å². The molecular formula is C12H12O2. The third-order valence-corrected chi connectivity index (χ3v) is 1.83. The number of hydrogen-bond acceptors (Lipinski definition) is 1. The summed E-state index contributed by atoms with van der Waals surface area (Å²) in [6.45, 7) is 3.18. The van der Waals surface area contributed by atoms with Gasteiger partial charge in [0.2, 0.25) is 0 Å². The Morgan fingerprint density at radius 2 is 1.86 bits per heavy atom. The van der Waals surface area contributed by atoms with Gasteiger partial charge in [-0.2, -0.15) is 0 Å². The lowest BCUT2D eigenvalue weighted by Crippen LogP contribution is -2.21. The van der Waals surface area contributed by atoms with Crippen LogP contribution in [0, 0.1) is 17.3 Å². The van der Waals surface area contributed by atoms with Gasteiger partial charge in [0, 0.05) is 5.56 Å². The Hall–Kier alpha value is -1.75. The maximum atomic E-state index is 10.7. The average molecular weight is 188 g/mol. The summed E-state index contributed by atoms with van der Waals surface area (Å²) < 4.78 is 0. The van der Waals surface area contributed by atoms with Gasteiger partial charge in [0.15, 0.2) is 0 Å². The molecule has 0 unspecified atom stereocenters. The van der Waals surface area contributed by atoms with Crippen LogP contribution in [-0.4, -0.2) is 11.1 Å². The molecular weight excluding hydrogens is 176 g/mol. The number of carboxylic acid groups (broad SMARTS) is 1. The SMILES string of the molecule is CC(C)(C#Cc1ccccc1)C(=O)O. The largest absolute Gasteiger partial charge is 0.480 e. The summed E-state index contributed by atoms with van der Waals surface area (Å²) in [5.41, 5.74) is -0.155. The average Bonchev–Trinajstić information content (AvgIpc) is 2.16. The van der Waals surface area contributed by atoms with E-state index in [9.17, 15) is 4.79 Å². The third-order valence-electron chi connectivity index (χ3n) is 1.83. The highest BCUT2D eigenvalue weighted by Crippen LogP contribution is 2.13. The first-order valence-electron chi connectivity index (χ1n) is 4.34. The molecule has 0 saturated heterocycles. The smallest absolute Gasteiger partial charge is 0.321 e. The van der Waals surface area contributed by atoms with Gasteiger partial charge in [-0.25, -0.2) is 0 Å². The molecule has 0 bridgehead atoms. The van der Waals surface area contributed by atoms with Gasteiger partial charge >= 0.3 is 5.97 Å². The maximum Gasteiger partial charge on any atom is 0.321 e. The Kier molecular flexibility index (Phi) is 2.93. The molecule has 72 valence electrons. The van der Waals surface area contributed by atoms with Gasteiger partial charge in [-0.3, -0.25) is 4.79 Å². The minimum absolute atomic E-state index is 0.835. The highest BCUT2D eigenvalue weighted by molar-refractivity contribution is 5.77. The number of rotatable bonds is 1. The zero-order valence-corrected chi connectivity index (χ0v) is 8.24. The zero-order chi connectivity index (χ0) is 10.6. The predicted octanol–water partition coefficient (Wildman–Crippen LogP) is 2.15. The van der Waals surface area contributed by atoms with Crippen molar-refractivity contribution >= 4 is 5.97 Å². The molecule has 0 heterocycles. The summed E-state index contributed by atoms with van der Waals surface area (Å²) in [6.07, 6.45) is 0. The Balaban J connectivity index is 2.89. The van der Waals surface area contributed by atoms with Crippen LogP contribution in [-0.2, 0) is 4.79 Å². The van der Waals surface area contributed by atoms with Gasteiger partial charge in [0.1, 0.15) is 5.41 Å². The van der Waals surface area contributed by atoms with Crippen molar-refractivity contribution in [1.82, 2.24) is 0 Å². The molecule has 1 aromatic rings. The highest BCUT2D eigenvalue weighted by Gasteiger charge is 2.23. The van der Waals surface area contributed by atoms with Crippen LogP contribution in [0.3, 0.4) is 0 Å². The van der Waals surface area contributed by atoms with E-state index in [1.807, 2.05) is 30.3 Å². The van der Waals surface area contributed by atoms with Gasteiger partial charge < -0.3 is 5.11 Å². The van der Waals surface area contributed by atoms with Crippen LogP contribution in [0.25, 0.3) is 0 Å². The van der Waals surface area contributed by atoms with E-state index in [1.165, 1.54) is 0 Å². The van der Waals surface area contributed by atoms with Crippen LogP contribution < -0.4 is 0 Å². The second kappa shape index (κ2) is 3.97. The molecule has 0 amide bonds. The van der Waals surface area contributed by atoms with E-state index in [-0.39, 0.29) is 0 Å². The second-order valence-corrected chi connectivity index (χ2v) is 3.55. The molecule has 1 N–H and O–H groups in total. The fourth-order valence-corrected chi connectivity index (χ4v) is 0.803. The summed E-state index contributed by atoms with van der Waals surface area (Å²) >= 11 is 0. The highest BCUT2D eigenvalue weighted by atomic mass is 16.4. The van der Waals surface area contributed by atoms with Gasteiger partial charge in [0.05, 0.1) is 0 Å². The summed E-state index contributed by atoms with van der Waals surface area (Å²) in [6, 6.07) is 9.35. The third kappa shape index (κ3) is 2.63. The molecule has 0 radical (unpaired) electrons. The molecule has 2 nitrogen and oxygen atoms in total. The lowest BCUT2D eigenvalue weighted by molar-refractivity contribution is -0.143. The van der Waals surface area contributed by atoms with Crippen molar-refractivity contribution < 1.29 is 9.90 Å². The Bertz CT molecular complexity index is 380. The first-order valence-corrected chi connectivity index (χ1v) is 4.34. The van der Waals surface area contributed by atoms with E-state index in [1.54, 1.807) is 13.8 Å².